The minimum absolute atomic E-state index is 0.0608. The Morgan fingerprint density at radius 1 is 0.789 bits per heavy atom. The first-order chi connectivity index (χ1) is 27.4. The van der Waals surface area contributed by atoms with Crippen LogP contribution in [0.15, 0.2) is 85.5 Å². The summed E-state index contributed by atoms with van der Waals surface area (Å²) in [5, 5.41) is 12.3. The molecule has 57 heavy (non-hydrogen) atoms. The highest BCUT2D eigenvalue weighted by Crippen LogP contribution is 2.35. The molecule has 2 heterocycles. The molecule has 0 aliphatic carbocycles. The van der Waals surface area contributed by atoms with Crippen molar-refractivity contribution in [2.45, 2.75) is 53.4 Å². The molecule has 0 fully saturated rings. The van der Waals surface area contributed by atoms with Gasteiger partial charge >= 0.3 is 6.03 Å². The molecule has 4 N–H and O–H groups in total. The van der Waals surface area contributed by atoms with Gasteiger partial charge in [-0.1, -0.05) is 39.3 Å². The molecule has 0 bridgehead atoms. The van der Waals surface area contributed by atoms with Gasteiger partial charge in [0, 0.05) is 53.5 Å². The predicted molar refractivity (Wildman–Crippen MR) is 216 cm³/mol. The Kier molecular flexibility index (Phi) is 14.3. The highest BCUT2D eigenvalue weighted by atomic mass is 19.1. The average Bonchev–Trinajstić information content (AvgIpc) is 3.18. The molecule has 296 valence electrons. The first-order valence-electron chi connectivity index (χ1n) is 18.4. The number of hydrogen-bond donors (Lipinski definition) is 4. The smallest absolute Gasteiger partial charge is 0.319 e. The van der Waals surface area contributed by atoms with E-state index in [9.17, 15) is 23.2 Å². The van der Waals surface area contributed by atoms with Gasteiger partial charge < -0.3 is 30.7 Å². The molecule has 0 unspecified atom stereocenters. The van der Waals surface area contributed by atoms with Crippen molar-refractivity contribution >= 4 is 56.7 Å². The Bertz CT molecular complexity index is 2380. The maximum Gasteiger partial charge on any atom is 0.319 e. The number of fused-ring (bicyclic) bond motifs is 2. The normalized spacial score (nSPS) is 10.7. The van der Waals surface area contributed by atoms with E-state index in [0.717, 1.165) is 46.8 Å². The van der Waals surface area contributed by atoms with Gasteiger partial charge in [-0.15, -0.1) is 0 Å². The molecule has 13 nitrogen and oxygen atoms in total. The highest BCUT2D eigenvalue weighted by molar-refractivity contribution is 5.98. The van der Waals surface area contributed by atoms with Crippen LogP contribution in [0.4, 0.5) is 30.6 Å². The third-order valence-electron chi connectivity index (χ3n) is 8.56. The number of ether oxygens (including phenoxy) is 2. The van der Waals surface area contributed by atoms with Crippen LogP contribution in [0, 0.1) is 24.5 Å². The maximum atomic E-state index is 14.9. The average molecular weight is 779 g/mol. The lowest BCUT2D eigenvalue weighted by Crippen LogP contribution is -2.30. The number of methoxy groups -OCH3 is 1. The van der Waals surface area contributed by atoms with E-state index in [1.165, 1.54) is 37.7 Å². The van der Waals surface area contributed by atoms with E-state index in [4.69, 9.17) is 9.47 Å². The number of aryl methyl sites for hydroxylation is 1. The molecule has 2 aromatic heterocycles. The Labute approximate surface area is 328 Å². The van der Waals surface area contributed by atoms with Crippen LogP contribution in [0.3, 0.4) is 0 Å². The largest absolute Gasteiger partial charge is 0.494 e. The molecule has 0 spiro atoms. The quantitative estimate of drug-likeness (QED) is 0.0896. The minimum atomic E-state index is -0.735. The summed E-state index contributed by atoms with van der Waals surface area (Å²) in [5.74, 6) is -1.15. The number of halogens is 2. The van der Waals surface area contributed by atoms with Crippen molar-refractivity contribution in [3.05, 3.63) is 108 Å². The van der Waals surface area contributed by atoms with Crippen LogP contribution in [0.25, 0.3) is 21.8 Å². The van der Waals surface area contributed by atoms with Gasteiger partial charge in [-0.2, -0.15) is 0 Å². The molecule has 4 aromatic carbocycles. The number of aromatic nitrogens is 4. The van der Waals surface area contributed by atoms with E-state index < -0.39 is 11.8 Å². The fourth-order valence-electron chi connectivity index (χ4n) is 5.46. The molecule has 0 atom stereocenters. The van der Waals surface area contributed by atoms with Crippen LogP contribution >= 0.6 is 0 Å². The number of carbonyl (C=O) groups is 3. The summed E-state index contributed by atoms with van der Waals surface area (Å²) in [6.45, 7) is 7.80. The molecule has 0 saturated carbocycles. The number of nitrogens with zero attached hydrogens (tertiary/aromatic N) is 4. The van der Waals surface area contributed by atoms with Crippen molar-refractivity contribution in [2.24, 2.45) is 5.92 Å². The number of urea groups is 1. The van der Waals surface area contributed by atoms with Gasteiger partial charge in [-0.3, -0.25) is 9.59 Å². The lowest BCUT2D eigenvalue weighted by molar-refractivity contribution is -0.119. The zero-order valence-electron chi connectivity index (χ0n) is 32.3. The number of rotatable bonds is 13. The molecular weight excluding hydrogens is 735 g/mol. The Morgan fingerprint density at radius 2 is 1.54 bits per heavy atom. The van der Waals surface area contributed by atoms with Crippen LogP contribution in [0.2, 0.25) is 0 Å². The monoisotopic (exact) mass is 778 g/mol. The van der Waals surface area contributed by atoms with E-state index in [1.54, 1.807) is 44.4 Å². The van der Waals surface area contributed by atoms with Gasteiger partial charge in [0.2, 0.25) is 17.7 Å². The number of amides is 4. The molecule has 15 heteroatoms. The third-order valence-corrected chi connectivity index (χ3v) is 8.56. The summed E-state index contributed by atoms with van der Waals surface area (Å²) >= 11 is 0. The number of nitrogens with one attached hydrogen (secondary N) is 4. The summed E-state index contributed by atoms with van der Waals surface area (Å²) in [4.78, 5) is 52.8. The minimum Gasteiger partial charge on any atom is -0.494 e. The second-order valence-corrected chi connectivity index (χ2v) is 13.2. The summed E-state index contributed by atoms with van der Waals surface area (Å²) in [7, 11) is 1.47. The Balaban J connectivity index is 0.000000287. The zero-order chi connectivity index (χ0) is 40.9. The Hall–Kier alpha value is -6.77. The van der Waals surface area contributed by atoms with E-state index in [0.29, 0.717) is 35.2 Å². The molecule has 0 radical (unpaired) electrons. The van der Waals surface area contributed by atoms with Crippen molar-refractivity contribution < 1.29 is 32.6 Å². The molecule has 6 aromatic rings. The number of unbranched alkanes of at least 4 members (excludes halogenated alkanes) is 1. The van der Waals surface area contributed by atoms with Crippen LogP contribution in [-0.4, -0.2) is 51.4 Å². The number of hydrogen-bond acceptors (Lipinski definition) is 9. The van der Waals surface area contributed by atoms with Crippen LogP contribution in [0.1, 0.15) is 51.3 Å². The van der Waals surface area contributed by atoms with E-state index >= 15 is 0 Å². The molecular formula is C42H44F2N8O5. The topological polar surface area (TPSA) is 169 Å². The van der Waals surface area contributed by atoms with Gasteiger partial charge in [-0.05, 0) is 73.9 Å². The van der Waals surface area contributed by atoms with Gasteiger partial charge in [0.05, 0.1) is 29.2 Å². The number of benzene rings is 4. The number of anilines is 3. The second-order valence-electron chi connectivity index (χ2n) is 13.2. The SMILES string of the molecule is CCCCC(=O)Nc1ccc2ncnc(C)c2c1.COc1cc2ncnc(Oc3ccc(NC(=O)NCCc4cccc(F)c4)cc3F)c2cc1NC(=O)C(C)C. The van der Waals surface area contributed by atoms with E-state index in [-0.39, 0.29) is 47.4 Å². The summed E-state index contributed by atoms with van der Waals surface area (Å²) in [6.07, 6.45) is 5.77. The summed E-state index contributed by atoms with van der Waals surface area (Å²) in [6, 6.07) is 18.4. The van der Waals surface area contributed by atoms with Crippen LogP contribution in [0.5, 0.6) is 17.4 Å². The maximum absolute atomic E-state index is 14.9. The fourth-order valence-corrected chi connectivity index (χ4v) is 5.46. The Morgan fingerprint density at radius 3 is 2.28 bits per heavy atom. The van der Waals surface area contributed by atoms with Crippen LogP contribution in [-0.2, 0) is 16.0 Å². The van der Waals surface area contributed by atoms with Crippen LogP contribution < -0.4 is 30.7 Å². The molecule has 0 aliphatic rings. The molecule has 0 aliphatic heterocycles. The lowest BCUT2D eigenvalue weighted by atomic mass is 10.1. The van der Waals surface area contributed by atoms with Gasteiger partial charge in [0.1, 0.15) is 24.2 Å². The first kappa shape index (κ1) is 41.4. The van der Waals surface area contributed by atoms with Crippen molar-refractivity contribution in [3.8, 4) is 17.4 Å². The third kappa shape index (κ3) is 11.6. The van der Waals surface area contributed by atoms with Crippen molar-refractivity contribution in [1.29, 1.82) is 0 Å². The second kappa shape index (κ2) is 19.7. The molecule has 0 saturated heterocycles. The molecule has 6 rings (SSSR count). The fraction of sp³-hybridized carbons (Fsp3) is 0.262. The van der Waals surface area contributed by atoms with Crippen molar-refractivity contribution in [1.82, 2.24) is 25.3 Å². The van der Waals surface area contributed by atoms with Crippen molar-refractivity contribution in [3.63, 3.8) is 0 Å². The number of carbonyl (C=O) groups excluding carboxylic acids is 3. The van der Waals surface area contributed by atoms with Gasteiger partial charge in [0.25, 0.3) is 0 Å². The summed E-state index contributed by atoms with van der Waals surface area (Å²) in [5.41, 5.74) is 4.44. The lowest BCUT2D eigenvalue weighted by Gasteiger charge is -2.14. The standard InChI is InChI=1S/C28H27F2N5O4.C14H17N3O/c1-16(2)26(36)35-23-13-20-22(14-25(23)38-3)32-15-33-27(20)39-24-8-7-19(12-21(24)30)34-28(37)31-10-9-17-5-4-6-18(29)11-17;1-3-4-5-14(18)17-11-6-7-13-12(8-11)10(2)15-9-16-13/h4-8,11-16H,9-10H2,1-3H3,(H,35,36)(H2,31,34,37);6-9H,3-5H2,1-2H3,(H,17,18). The highest BCUT2D eigenvalue weighted by Gasteiger charge is 2.17. The van der Waals surface area contributed by atoms with E-state index in [1.807, 2.05) is 25.1 Å². The predicted octanol–water partition coefficient (Wildman–Crippen LogP) is 8.73. The zero-order valence-corrected chi connectivity index (χ0v) is 32.3. The van der Waals surface area contributed by atoms with Gasteiger partial charge in [-0.25, -0.2) is 33.5 Å². The van der Waals surface area contributed by atoms with Gasteiger partial charge in [0.15, 0.2) is 11.6 Å². The van der Waals surface area contributed by atoms with Crippen molar-refractivity contribution in [2.75, 3.05) is 29.6 Å². The van der Waals surface area contributed by atoms with E-state index in [2.05, 4.69) is 48.1 Å². The molecule has 4 amide bonds. The summed E-state index contributed by atoms with van der Waals surface area (Å²) < 4.78 is 39.3. The first-order valence-corrected chi connectivity index (χ1v) is 18.4.